The Bertz CT molecular complexity index is 445. The second-order valence-electron chi connectivity index (χ2n) is 5.84. The largest absolute Gasteiger partial charge is 0.381 e. The van der Waals surface area contributed by atoms with Gasteiger partial charge in [0, 0.05) is 20.2 Å². The molecule has 1 heterocycles. The van der Waals surface area contributed by atoms with Gasteiger partial charge in [0.2, 0.25) is 5.91 Å². The van der Waals surface area contributed by atoms with Crippen LogP contribution in [0, 0.1) is 5.92 Å². The number of carbonyl (C=O) groups excluding carboxylic acids is 1. The predicted molar refractivity (Wildman–Crippen MR) is 86.4 cm³/mol. The summed E-state index contributed by atoms with van der Waals surface area (Å²) in [7, 11) is 1.82. The first-order valence-corrected chi connectivity index (χ1v) is 7.19. The number of nitrogens with two attached hydrogens (primary N) is 1. The van der Waals surface area contributed by atoms with Crippen molar-refractivity contribution in [3.05, 3.63) is 35.9 Å². The van der Waals surface area contributed by atoms with Gasteiger partial charge < -0.3 is 15.4 Å². The van der Waals surface area contributed by atoms with Crippen molar-refractivity contribution in [3.8, 4) is 0 Å². The number of hydrogen-bond donors (Lipinski definition) is 1. The molecule has 0 aliphatic carbocycles. The molecule has 4 nitrogen and oxygen atoms in total. The number of halogens is 1. The summed E-state index contributed by atoms with van der Waals surface area (Å²) in [5.41, 5.74) is 6.13. The fourth-order valence-electron chi connectivity index (χ4n) is 2.73. The lowest BCUT2D eigenvalue weighted by Gasteiger charge is -2.33. The SMILES string of the molecule is CN(CC1CCCOC1)C(=O)C(C)(N)c1ccccc1.Cl. The number of nitrogens with zero attached hydrogens (tertiary/aromatic N) is 1. The van der Waals surface area contributed by atoms with E-state index in [0.717, 1.165) is 31.6 Å². The number of benzene rings is 1. The van der Waals surface area contributed by atoms with Crippen LogP contribution in [-0.4, -0.2) is 37.6 Å². The molecule has 0 spiro atoms. The van der Waals surface area contributed by atoms with E-state index in [1.54, 1.807) is 11.8 Å². The van der Waals surface area contributed by atoms with Gasteiger partial charge in [0.05, 0.1) is 6.61 Å². The minimum atomic E-state index is -0.981. The lowest BCUT2D eigenvalue weighted by atomic mass is 9.91. The highest BCUT2D eigenvalue weighted by Crippen LogP contribution is 2.21. The number of ether oxygens (including phenoxy) is 1. The van der Waals surface area contributed by atoms with Crippen LogP contribution < -0.4 is 5.73 Å². The van der Waals surface area contributed by atoms with Crippen molar-refractivity contribution in [3.63, 3.8) is 0 Å². The van der Waals surface area contributed by atoms with Crippen molar-refractivity contribution in [2.75, 3.05) is 26.8 Å². The van der Waals surface area contributed by atoms with Gasteiger partial charge in [-0.25, -0.2) is 0 Å². The lowest BCUT2D eigenvalue weighted by molar-refractivity contribution is -0.136. The van der Waals surface area contributed by atoms with E-state index in [9.17, 15) is 4.79 Å². The first kappa shape index (κ1) is 18.0. The molecule has 21 heavy (non-hydrogen) atoms. The monoisotopic (exact) mass is 312 g/mol. The maximum Gasteiger partial charge on any atom is 0.246 e. The van der Waals surface area contributed by atoms with Crippen LogP contribution in [0.15, 0.2) is 30.3 Å². The van der Waals surface area contributed by atoms with E-state index >= 15 is 0 Å². The van der Waals surface area contributed by atoms with E-state index in [0.29, 0.717) is 12.5 Å². The fourth-order valence-corrected chi connectivity index (χ4v) is 2.73. The van der Waals surface area contributed by atoms with Crippen molar-refractivity contribution in [2.45, 2.75) is 25.3 Å². The molecule has 0 aromatic heterocycles. The van der Waals surface area contributed by atoms with Gasteiger partial charge in [0.1, 0.15) is 5.54 Å². The standard InChI is InChI=1S/C16H24N2O2.ClH/c1-16(17,14-8-4-3-5-9-14)15(19)18(2)11-13-7-6-10-20-12-13;/h3-5,8-9,13H,6-7,10-12,17H2,1-2H3;1H. The zero-order chi connectivity index (χ0) is 14.6. The van der Waals surface area contributed by atoms with Crippen LogP contribution in [0.3, 0.4) is 0 Å². The summed E-state index contributed by atoms with van der Waals surface area (Å²) < 4.78 is 5.46. The van der Waals surface area contributed by atoms with E-state index in [-0.39, 0.29) is 18.3 Å². The molecule has 1 amide bonds. The minimum absolute atomic E-state index is 0. The van der Waals surface area contributed by atoms with Crippen molar-refractivity contribution in [1.29, 1.82) is 0 Å². The summed E-state index contributed by atoms with van der Waals surface area (Å²) in [6.07, 6.45) is 2.19. The summed E-state index contributed by atoms with van der Waals surface area (Å²) in [6, 6.07) is 9.53. The number of carbonyl (C=O) groups is 1. The zero-order valence-corrected chi connectivity index (χ0v) is 13.6. The van der Waals surface area contributed by atoms with Crippen molar-refractivity contribution in [1.82, 2.24) is 4.90 Å². The molecule has 0 bridgehead atoms. The highest BCUT2D eigenvalue weighted by atomic mass is 35.5. The Hall–Kier alpha value is -1.10. The number of rotatable bonds is 4. The third-order valence-electron chi connectivity index (χ3n) is 3.95. The second kappa shape index (κ2) is 7.78. The Kier molecular flexibility index (Phi) is 6.65. The average Bonchev–Trinajstić information content (AvgIpc) is 2.48. The zero-order valence-electron chi connectivity index (χ0n) is 12.7. The Balaban J connectivity index is 0.00000220. The second-order valence-corrected chi connectivity index (χ2v) is 5.84. The Morgan fingerprint density at radius 1 is 1.43 bits per heavy atom. The summed E-state index contributed by atoms with van der Waals surface area (Å²) in [4.78, 5) is 14.3. The quantitative estimate of drug-likeness (QED) is 0.927. The molecule has 1 aliphatic rings. The minimum Gasteiger partial charge on any atom is -0.381 e. The summed E-state index contributed by atoms with van der Waals surface area (Å²) in [6.45, 7) is 4.06. The Morgan fingerprint density at radius 3 is 2.67 bits per heavy atom. The third kappa shape index (κ3) is 4.43. The molecule has 118 valence electrons. The molecule has 2 atom stereocenters. The average molecular weight is 313 g/mol. The number of likely N-dealkylation sites (N-methyl/N-ethyl adjacent to an activating group) is 1. The molecule has 1 aromatic carbocycles. The van der Waals surface area contributed by atoms with Gasteiger partial charge in [-0.15, -0.1) is 12.4 Å². The first-order chi connectivity index (χ1) is 9.51. The van der Waals surface area contributed by atoms with E-state index in [1.807, 2.05) is 37.4 Å². The van der Waals surface area contributed by atoms with Crippen LogP contribution in [-0.2, 0) is 15.1 Å². The van der Waals surface area contributed by atoms with Gasteiger partial charge in [-0.3, -0.25) is 4.79 Å². The highest BCUT2D eigenvalue weighted by Gasteiger charge is 2.33. The summed E-state index contributed by atoms with van der Waals surface area (Å²) in [5, 5.41) is 0. The van der Waals surface area contributed by atoms with E-state index in [2.05, 4.69) is 0 Å². The summed E-state index contributed by atoms with van der Waals surface area (Å²) >= 11 is 0. The fraction of sp³-hybridized carbons (Fsp3) is 0.562. The van der Waals surface area contributed by atoms with E-state index in [1.165, 1.54) is 0 Å². The molecular formula is C16H25ClN2O2. The van der Waals surface area contributed by atoms with Gasteiger partial charge in [-0.05, 0) is 31.2 Å². The molecule has 2 rings (SSSR count). The first-order valence-electron chi connectivity index (χ1n) is 7.19. The summed E-state index contributed by atoms with van der Waals surface area (Å²) in [5.74, 6) is 0.374. The van der Waals surface area contributed by atoms with Gasteiger partial charge in [0.15, 0.2) is 0 Å². The van der Waals surface area contributed by atoms with Gasteiger partial charge >= 0.3 is 0 Å². The van der Waals surface area contributed by atoms with Gasteiger partial charge in [0.25, 0.3) is 0 Å². The molecule has 2 unspecified atom stereocenters. The molecule has 1 aliphatic heterocycles. The molecule has 0 radical (unpaired) electrons. The highest BCUT2D eigenvalue weighted by molar-refractivity contribution is 5.86. The predicted octanol–water partition coefficient (Wildman–Crippen LogP) is 2.17. The third-order valence-corrected chi connectivity index (χ3v) is 3.95. The molecule has 5 heteroatoms. The Labute approximate surface area is 133 Å². The van der Waals surface area contributed by atoms with E-state index < -0.39 is 5.54 Å². The smallest absolute Gasteiger partial charge is 0.246 e. The topological polar surface area (TPSA) is 55.6 Å². The van der Waals surface area contributed by atoms with Crippen LogP contribution in [0.2, 0.25) is 0 Å². The van der Waals surface area contributed by atoms with Gasteiger partial charge in [-0.1, -0.05) is 30.3 Å². The van der Waals surface area contributed by atoms with Gasteiger partial charge in [-0.2, -0.15) is 0 Å². The van der Waals surface area contributed by atoms with Crippen molar-refractivity contribution in [2.24, 2.45) is 11.7 Å². The van der Waals surface area contributed by atoms with Crippen molar-refractivity contribution < 1.29 is 9.53 Å². The molecule has 1 fully saturated rings. The van der Waals surface area contributed by atoms with Crippen molar-refractivity contribution >= 4 is 18.3 Å². The number of hydrogen-bond acceptors (Lipinski definition) is 3. The molecule has 1 aromatic rings. The molecule has 1 saturated heterocycles. The van der Waals surface area contributed by atoms with Crippen LogP contribution in [0.25, 0.3) is 0 Å². The lowest BCUT2D eigenvalue weighted by Crippen LogP contribution is -2.51. The van der Waals surface area contributed by atoms with Crippen LogP contribution >= 0.6 is 12.4 Å². The van der Waals surface area contributed by atoms with E-state index in [4.69, 9.17) is 10.5 Å². The molecule has 0 saturated carbocycles. The Morgan fingerprint density at radius 2 is 2.10 bits per heavy atom. The van der Waals surface area contributed by atoms with Crippen LogP contribution in [0.1, 0.15) is 25.3 Å². The number of amides is 1. The molecular weight excluding hydrogens is 288 g/mol. The van der Waals surface area contributed by atoms with Crippen LogP contribution in [0.4, 0.5) is 0 Å². The maximum atomic E-state index is 12.6. The normalized spacial score (nSPS) is 21.0. The maximum absolute atomic E-state index is 12.6. The van der Waals surface area contributed by atoms with Crippen LogP contribution in [0.5, 0.6) is 0 Å². The molecule has 2 N–H and O–H groups in total.